The second-order valence-electron chi connectivity index (χ2n) is 9.20. The molecule has 1 aromatic rings. The van der Waals surface area contributed by atoms with E-state index in [4.69, 9.17) is 4.74 Å². The molecule has 0 amide bonds. The van der Waals surface area contributed by atoms with Gasteiger partial charge in [0.1, 0.15) is 5.78 Å². The molecule has 5 heteroatoms. The van der Waals surface area contributed by atoms with Gasteiger partial charge in [-0.05, 0) is 55.4 Å². The van der Waals surface area contributed by atoms with Gasteiger partial charge in [0.15, 0.2) is 0 Å². The van der Waals surface area contributed by atoms with Crippen LogP contribution in [-0.4, -0.2) is 56.0 Å². The lowest BCUT2D eigenvalue weighted by Crippen LogP contribution is -2.58. The molecule has 1 saturated heterocycles. The Morgan fingerprint density at radius 1 is 1.11 bits per heavy atom. The van der Waals surface area contributed by atoms with Gasteiger partial charge in [-0.15, -0.1) is 0 Å². The highest BCUT2D eigenvalue weighted by atomic mass is 16.5. The Hall–Kier alpha value is -1.88. The maximum Gasteiger partial charge on any atom is 0.338 e. The molecule has 0 spiro atoms. The van der Waals surface area contributed by atoms with Gasteiger partial charge in [0.05, 0.1) is 12.2 Å². The van der Waals surface area contributed by atoms with Crippen molar-refractivity contribution in [3.63, 3.8) is 0 Å². The number of Topliss-reactive ketones (excluding diaryl/α,β-unsaturated/α-hetero) is 1. The number of nitrogens with zero attached hydrogens (tertiary/aromatic N) is 2. The summed E-state index contributed by atoms with van der Waals surface area (Å²) in [6.07, 6.45) is 2.20. The minimum absolute atomic E-state index is 0.238. The predicted molar refractivity (Wildman–Crippen MR) is 110 cm³/mol. The summed E-state index contributed by atoms with van der Waals surface area (Å²) in [6, 6.07) is 7.69. The minimum atomic E-state index is -0.266. The van der Waals surface area contributed by atoms with Crippen LogP contribution in [0.2, 0.25) is 0 Å². The van der Waals surface area contributed by atoms with Crippen LogP contribution in [0, 0.1) is 23.2 Å². The van der Waals surface area contributed by atoms with E-state index >= 15 is 0 Å². The number of anilines is 1. The van der Waals surface area contributed by atoms with Crippen LogP contribution in [0.1, 0.15) is 44.0 Å². The number of esters is 1. The van der Waals surface area contributed by atoms with Crippen molar-refractivity contribution in [1.82, 2.24) is 4.90 Å². The maximum atomic E-state index is 12.8. The Morgan fingerprint density at radius 3 is 2.36 bits per heavy atom. The van der Waals surface area contributed by atoms with E-state index in [0.717, 1.165) is 57.2 Å². The summed E-state index contributed by atoms with van der Waals surface area (Å²) < 4.78 is 5.04. The number of rotatable bonds is 5. The number of hydrogen-bond acceptors (Lipinski definition) is 5. The Kier molecular flexibility index (Phi) is 5.21. The van der Waals surface area contributed by atoms with Gasteiger partial charge >= 0.3 is 5.97 Å². The third kappa shape index (κ3) is 3.45. The topological polar surface area (TPSA) is 49.9 Å². The summed E-state index contributed by atoms with van der Waals surface area (Å²) in [7, 11) is 0. The third-order valence-electron chi connectivity index (χ3n) is 7.38. The van der Waals surface area contributed by atoms with E-state index in [1.54, 1.807) is 0 Å². The Labute approximate surface area is 168 Å². The second kappa shape index (κ2) is 7.51. The van der Waals surface area contributed by atoms with Crippen LogP contribution in [0.3, 0.4) is 0 Å². The zero-order chi connectivity index (χ0) is 19.9. The van der Waals surface area contributed by atoms with Gasteiger partial charge in [0.2, 0.25) is 0 Å². The molecule has 0 radical (unpaired) electrons. The van der Waals surface area contributed by atoms with Crippen molar-refractivity contribution in [2.45, 2.75) is 33.6 Å². The molecule has 28 heavy (non-hydrogen) atoms. The van der Waals surface area contributed by atoms with Crippen LogP contribution in [0.4, 0.5) is 5.69 Å². The van der Waals surface area contributed by atoms with Crippen molar-refractivity contribution in [1.29, 1.82) is 0 Å². The summed E-state index contributed by atoms with van der Waals surface area (Å²) >= 11 is 0. The lowest BCUT2D eigenvalue weighted by molar-refractivity contribution is -0.158. The molecule has 3 aliphatic carbocycles. The molecule has 0 aromatic heterocycles. The molecular formula is C23H32N2O3. The Bertz CT molecular complexity index is 735. The molecule has 3 saturated carbocycles. The first-order valence-electron chi connectivity index (χ1n) is 10.7. The highest BCUT2D eigenvalue weighted by Gasteiger charge is 2.57. The molecule has 152 valence electrons. The molecule has 4 fully saturated rings. The second-order valence-corrected chi connectivity index (χ2v) is 9.20. The summed E-state index contributed by atoms with van der Waals surface area (Å²) in [5.74, 6) is 1.53. The molecule has 5 nitrogen and oxygen atoms in total. The van der Waals surface area contributed by atoms with Crippen LogP contribution < -0.4 is 4.90 Å². The molecule has 4 aliphatic rings. The summed E-state index contributed by atoms with van der Waals surface area (Å²) in [5, 5.41) is 0. The molecule has 1 aliphatic heterocycles. The SMILES string of the molecule is CCOC(=O)c1ccc(N2CCN(CC3C[C@H]4CC(C3=O)C4(C)C)CC2)cc1. The van der Waals surface area contributed by atoms with Crippen LogP contribution >= 0.6 is 0 Å². The smallest absolute Gasteiger partial charge is 0.338 e. The van der Waals surface area contributed by atoms with E-state index in [9.17, 15) is 9.59 Å². The molecule has 5 rings (SSSR count). The third-order valence-corrected chi connectivity index (χ3v) is 7.38. The van der Waals surface area contributed by atoms with Crippen LogP contribution in [0.25, 0.3) is 0 Å². The Balaban J connectivity index is 1.28. The van der Waals surface area contributed by atoms with E-state index < -0.39 is 0 Å². The maximum absolute atomic E-state index is 12.8. The van der Waals surface area contributed by atoms with Gasteiger partial charge in [0, 0.05) is 50.2 Å². The number of benzene rings is 1. The summed E-state index contributed by atoms with van der Waals surface area (Å²) in [4.78, 5) is 29.4. The van der Waals surface area contributed by atoms with Crippen LogP contribution in [-0.2, 0) is 9.53 Å². The fourth-order valence-electron chi connectivity index (χ4n) is 5.33. The van der Waals surface area contributed by atoms with Crippen molar-refractivity contribution < 1.29 is 14.3 Å². The zero-order valence-corrected chi connectivity index (χ0v) is 17.3. The summed E-state index contributed by atoms with van der Waals surface area (Å²) in [6.45, 7) is 11.6. The highest BCUT2D eigenvalue weighted by molar-refractivity contribution is 5.89. The van der Waals surface area contributed by atoms with E-state index in [2.05, 4.69) is 23.6 Å². The molecule has 3 atom stereocenters. The quantitative estimate of drug-likeness (QED) is 0.730. The number of ether oxygens (including phenoxy) is 1. The van der Waals surface area contributed by atoms with Crippen LogP contribution in [0.15, 0.2) is 24.3 Å². The van der Waals surface area contributed by atoms with Crippen LogP contribution in [0.5, 0.6) is 0 Å². The van der Waals surface area contributed by atoms with Crippen molar-refractivity contribution in [2.75, 3.05) is 44.2 Å². The first-order chi connectivity index (χ1) is 13.4. The van der Waals surface area contributed by atoms with Gasteiger partial charge in [-0.25, -0.2) is 4.79 Å². The lowest BCUT2D eigenvalue weighted by atomic mass is 9.46. The fraction of sp³-hybridized carbons (Fsp3) is 0.652. The van der Waals surface area contributed by atoms with Crippen molar-refractivity contribution in [3.05, 3.63) is 29.8 Å². The number of hydrogen-bond donors (Lipinski definition) is 0. The van der Waals surface area contributed by atoms with Crippen molar-refractivity contribution >= 4 is 17.4 Å². The predicted octanol–water partition coefficient (Wildman–Crippen LogP) is 3.24. The molecule has 1 heterocycles. The van der Waals surface area contributed by atoms with E-state index in [0.29, 0.717) is 23.9 Å². The van der Waals surface area contributed by atoms with Gasteiger partial charge < -0.3 is 9.64 Å². The monoisotopic (exact) mass is 384 g/mol. The van der Waals surface area contributed by atoms with E-state index in [1.807, 2.05) is 31.2 Å². The van der Waals surface area contributed by atoms with Gasteiger partial charge in [-0.3, -0.25) is 9.69 Å². The number of fused-ring (bicyclic) bond motifs is 2. The fourth-order valence-corrected chi connectivity index (χ4v) is 5.33. The van der Waals surface area contributed by atoms with Crippen molar-refractivity contribution in [3.8, 4) is 0 Å². The van der Waals surface area contributed by atoms with Gasteiger partial charge in [-0.1, -0.05) is 13.8 Å². The average Bonchev–Trinajstić information content (AvgIpc) is 2.70. The molecular weight excluding hydrogens is 352 g/mol. The first-order valence-corrected chi connectivity index (χ1v) is 10.7. The number of carbonyl (C=O) groups is 2. The molecule has 2 unspecified atom stereocenters. The minimum Gasteiger partial charge on any atom is -0.462 e. The average molecular weight is 385 g/mol. The number of piperazine rings is 1. The lowest BCUT2D eigenvalue weighted by Gasteiger charge is -2.58. The summed E-state index contributed by atoms with van der Waals surface area (Å²) in [5.41, 5.74) is 1.98. The largest absolute Gasteiger partial charge is 0.462 e. The first kappa shape index (κ1) is 19.4. The zero-order valence-electron chi connectivity index (χ0n) is 17.3. The molecule has 0 N–H and O–H groups in total. The normalized spacial score (nSPS) is 29.3. The molecule has 1 aromatic carbocycles. The molecule has 2 bridgehead atoms. The highest BCUT2D eigenvalue weighted by Crippen LogP contribution is 2.59. The number of carbonyl (C=O) groups excluding carboxylic acids is 2. The van der Waals surface area contributed by atoms with E-state index in [1.165, 1.54) is 0 Å². The standard InChI is InChI=1S/C23H32N2O3/c1-4-28-22(27)16-5-7-19(8-6-16)25-11-9-24(10-12-25)15-17-13-18-14-20(21(17)26)23(18,2)3/h5-8,17-18,20H,4,9-15H2,1-3H3/t17?,18-,20?/m0/s1. The van der Waals surface area contributed by atoms with E-state index in [-0.39, 0.29) is 17.3 Å². The number of ketones is 1. The van der Waals surface area contributed by atoms with Crippen molar-refractivity contribution in [2.24, 2.45) is 23.2 Å². The van der Waals surface area contributed by atoms with Gasteiger partial charge in [-0.2, -0.15) is 0 Å². The Morgan fingerprint density at radius 2 is 1.79 bits per heavy atom. The van der Waals surface area contributed by atoms with Gasteiger partial charge in [0.25, 0.3) is 0 Å².